The number of ether oxygens (including phenoxy) is 1. The maximum atomic E-state index is 11.7. The maximum Gasteiger partial charge on any atom is 0.272 e. The van der Waals surface area contributed by atoms with E-state index >= 15 is 0 Å². The van der Waals surface area contributed by atoms with Crippen LogP contribution in [0.2, 0.25) is 0 Å². The van der Waals surface area contributed by atoms with Gasteiger partial charge in [0, 0.05) is 25.3 Å². The normalized spacial score (nSPS) is 10.8. The second-order valence-corrected chi connectivity index (χ2v) is 4.22. The Morgan fingerprint density at radius 3 is 2.86 bits per heavy atom. The summed E-state index contributed by atoms with van der Waals surface area (Å²) in [7, 11) is 1.50. The van der Waals surface area contributed by atoms with Crippen LogP contribution < -0.4 is 5.32 Å². The van der Waals surface area contributed by atoms with E-state index in [2.05, 4.69) is 5.32 Å². The number of aryl methyl sites for hydroxylation is 1. The van der Waals surface area contributed by atoms with Gasteiger partial charge in [0.1, 0.15) is 11.6 Å². The van der Waals surface area contributed by atoms with Crippen LogP contribution in [-0.2, 0) is 9.53 Å². The first-order chi connectivity index (χ1) is 9.99. The van der Waals surface area contributed by atoms with Gasteiger partial charge in [-0.05, 0) is 18.6 Å². The lowest BCUT2D eigenvalue weighted by molar-refractivity contribution is -0.385. The lowest BCUT2D eigenvalue weighted by atomic mass is 10.1. The molecule has 0 aliphatic heterocycles. The van der Waals surface area contributed by atoms with Gasteiger partial charge in [0.25, 0.3) is 11.6 Å². The lowest BCUT2D eigenvalue weighted by Gasteiger charge is -2.03. The Kier molecular flexibility index (Phi) is 6.04. The minimum Gasteiger partial charge on any atom is -0.383 e. The quantitative estimate of drug-likeness (QED) is 0.281. The van der Waals surface area contributed by atoms with Gasteiger partial charge in [0.15, 0.2) is 0 Å². The molecule has 0 radical (unpaired) electrons. The molecule has 0 spiro atoms. The predicted molar refractivity (Wildman–Crippen MR) is 76.3 cm³/mol. The highest BCUT2D eigenvalue weighted by Gasteiger charge is 2.12. The van der Waals surface area contributed by atoms with E-state index in [4.69, 9.17) is 10.00 Å². The molecule has 0 bridgehead atoms. The van der Waals surface area contributed by atoms with E-state index in [0.717, 1.165) is 0 Å². The van der Waals surface area contributed by atoms with Gasteiger partial charge in [0.2, 0.25) is 0 Å². The van der Waals surface area contributed by atoms with Crippen molar-refractivity contribution in [3.8, 4) is 6.07 Å². The van der Waals surface area contributed by atoms with Crippen molar-refractivity contribution in [2.24, 2.45) is 0 Å². The SMILES string of the molecule is COCCNC(=O)/C(C#N)=C/c1ccc(C)c([N+](=O)[O-])c1. The largest absolute Gasteiger partial charge is 0.383 e. The third-order valence-corrected chi connectivity index (χ3v) is 2.70. The summed E-state index contributed by atoms with van der Waals surface area (Å²) in [5, 5.41) is 22.4. The fourth-order valence-corrected chi connectivity index (χ4v) is 1.59. The summed E-state index contributed by atoms with van der Waals surface area (Å²) in [5.41, 5.74) is 0.760. The number of amides is 1. The molecule has 0 saturated carbocycles. The Morgan fingerprint density at radius 2 is 2.29 bits per heavy atom. The van der Waals surface area contributed by atoms with E-state index in [-0.39, 0.29) is 17.8 Å². The van der Waals surface area contributed by atoms with Crippen molar-refractivity contribution in [3.63, 3.8) is 0 Å². The number of nitro benzene ring substituents is 1. The van der Waals surface area contributed by atoms with Gasteiger partial charge in [-0.2, -0.15) is 5.26 Å². The van der Waals surface area contributed by atoms with Crippen molar-refractivity contribution in [1.82, 2.24) is 5.32 Å². The van der Waals surface area contributed by atoms with Crippen LogP contribution in [0.5, 0.6) is 0 Å². The number of carbonyl (C=O) groups excluding carboxylic acids is 1. The lowest BCUT2D eigenvalue weighted by Crippen LogP contribution is -2.27. The second-order valence-electron chi connectivity index (χ2n) is 4.22. The van der Waals surface area contributed by atoms with Crippen LogP contribution in [0.1, 0.15) is 11.1 Å². The Morgan fingerprint density at radius 1 is 1.57 bits per heavy atom. The number of hydrogen-bond acceptors (Lipinski definition) is 5. The number of nitrogens with zero attached hydrogens (tertiary/aromatic N) is 2. The molecule has 7 heteroatoms. The van der Waals surface area contributed by atoms with Crippen molar-refractivity contribution in [1.29, 1.82) is 5.26 Å². The summed E-state index contributed by atoms with van der Waals surface area (Å²) in [6.07, 6.45) is 1.31. The molecule has 7 nitrogen and oxygen atoms in total. The molecule has 1 N–H and O–H groups in total. The third-order valence-electron chi connectivity index (χ3n) is 2.70. The zero-order chi connectivity index (χ0) is 15.8. The summed E-state index contributed by atoms with van der Waals surface area (Å²) in [6, 6.07) is 6.29. The van der Waals surface area contributed by atoms with Gasteiger partial charge in [-0.15, -0.1) is 0 Å². The van der Waals surface area contributed by atoms with Crippen molar-refractivity contribution in [2.75, 3.05) is 20.3 Å². The van der Waals surface area contributed by atoms with Gasteiger partial charge in [-0.3, -0.25) is 14.9 Å². The highest BCUT2D eigenvalue weighted by Crippen LogP contribution is 2.20. The second kappa shape index (κ2) is 7.77. The molecule has 0 aliphatic rings. The first kappa shape index (κ1) is 16.3. The molecule has 0 fully saturated rings. The molecule has 1 aromatic rings. The van der Waals surface area contributed by atoms with Crippen LogP contribution in [0, 0.1) is 28.4 Å². The fraction of sp³-hybridized carbons (Fsp3) is 0.286. The number of nitro groups is 1. The summed E-state index contributed by atoms with van der Waals surface area (Å²) in [5.74, 6) is -0.544. The van der Waals surface area contributed by atoms with E-state index < -0.39 is 10.8 Å². The van der Waals surface area contributed by atoms with Crippen LogP contribution in [-0.4, -0.2) is 31.1 Å². The molecular weight excluding hydrogens is 274 g/mol. The van der Waals surface area contributed by atoms with E-state index in [9.17, 15) is 14.9 Å². The minimum absolute atomic E-state index is 0.0548. The Labute approximate surface area is 122 Å². The van der Waals surface area contributed by atoms with Gasteiger partial charge in [0.05, 0.1) is 11.5 Å². The van der Waals surface area contributed by atoms with E-state index in [1.807, 2.05) is 0 Å². The molecule has 21 heavy (non-hydrogen) atoms. The summed E-state index contributed by atoms with van der Waals surface area (Å²) >= 11 is 0. The van der Waals surface area contributed by atoms with E-state index in [1.54, 1.807) is 25.1 Å². The molecule has 0 aliphatic carbocycles. The Bertz CT molecular complexity index is 617. The molecule has 1 amide bonds. The van der Waals surface area contributed by atoms with Crippen LogP contribution in [0.25, 0.3) is 6.08 Å². The topological polar surface area (TPSA) is 105 Å². The van der Waals surface area contributed by atoms with Gasteiger partial charge in [-0.1, -0.05) is 12.1 Å². The molecule has 0 atom stereocenters. The highest BCUT2D eigenvalue weighted by atomic mass is 16.6. The maximum absolute atomic E-state index is 11.7. The van der Waals surface area contributed by atoms with Gasteiger partial charge in [-0.25, -0.2) is 0 Å². The van der Waals surface area contributed by atoms with Crippen LogP contribution in [0.3, 0.4) is 0 Å². The number of rotatable bonds is 6. The first-order valence-corrected chi connectivity index (χ1v) is 6.13. The summed E-state index contributed by atoms with van der Waals surface area (Å²) in [4.78, 5) is 22.1. The fourth-order valence-electron chi connectivity index (χ4n) is 1.59. The summed E-state index contributed by atoms with van der Waals surface area (Å²) in [6.45, 7) is 2.23. The monoisotopic (exact) mass is 289 g/mol. The van der Waals surface area contributed by atoms with Crippen molar-refractivity contribution >= 4 is 17.7 Å². The molecule has 0 unspecified atom stereocenters. The molecular formula is C14H15N3O4. The minimum atomic E-state index is -0.544. The number of benzene rings is 1. The number of nitrogens with one attached hydrogen (secondary N) is 1. The Hall–Kier alpha value is -2.72. The zero-order valence-corrected chi connectivity index (χ0v) is 11.8. The summed E-state index contributed by atoms with van der Waals surface area (Å²) < 4.78 is 4.79. The van der Waals surface area contributed by atoms with Gasteiger partial charge >= 0.3 is 0 Å². The number of hydrogen-bond donors (Lipinski definition) is 1. The van der Waals surface area contributed by atoms with Crippen molar-refractivity contribution in [3.05, 3.63) is 45.0 Å². The number of nitriles is 1. The average molecular weight is 289 g/mol. The average Bonchev–Trinajstić information content (AvgIpc) is 2.46. The number of methoxy groups -OCH3 is 1. The number of carbonyl (C=O) groups is 1. The van der Waals surface area contributed by atoms with E-state index in [1.165, 1.54) is 19.3 Å². The van der Waals surface area contributed by atoms with E-state index in [0.29, 0.717) is 17.7 Å². The third kappa shape index (κ3) is 4.71. The molecule has 110 valence electrons. The van der Waals surface area contributed by atoms with Gasteiger partial charge < -0.3 is 10.1 Å². The molecule has 0 heterocycles. The molecule has 1 aromatic carbocycles. The van der Waals surface area contributed by atoms with Crippen molar-refractivity contribution < 1.29 is 14.5 Å². The smallest absolute Gasteiger partial charge is 0.272 e. The first-order valence-electron chi connectivity index (χ1n) is 6.13. The Balaban J connectivity index is 2.98. The standard InChI is InChI=1S/C14H15N3O4/c1-10-3-4-11(8-13(10)17(19)20)7-12(9-15)14(18)16-5-6-21-2/h3-4,7-8H,5-6H2,1-2H3,(H,16,18)/b12-7+. The predicted octanol–water partition coefficient (Wildman–Crippen LogP) is 1.57. The highest BCUT2D eigenvalue weighted by molar-refractivity contribution is 6.01. The molecule has 1 rings (SSSR count). The van der Waals surface area contributed by atoms with Crippen molar-refractivity contribution in [2.45, 2.75) is 6.92 Å². The van der Waals surface area contributed by atoms with Crippen LogP contribution in [0.4, 0.5) is 5.69 Å². The van der Waals surface area contributed by atoms with Crippen LogP contribution >= 0.6 is 0 Å². The molecule has 0 saturated heterocycles. The van der Waals surface area contributed by atoms with Crippen LogP contribution in [0.15, 0.2) is 23.8 Å². The molecule has 0 aromatic heterocycles. The zero-order valence-electron chi connectivity index (χ0n) is 11.8.